The smallest absolute Gasteiger partial charge is 0.312 e. The number of rotatable bonds is 37. The van der Waals surface area contributed by atoms with E-state index in [1.165, 1.54) is 29.2 Å². The first-order valence-electron chi connectivity index (χ1n) is 35.1. The number of aromatic amines is 1. The number of unbranched alkanes of at least 4 members (excludes halogenated alkanes) is 1. The van der Waals surface area contributed by atoms with Gasteiger partial charge in [0.2, 0.25) is 47.3 Å². The number of amides is 13. The summed E-state index contributed by atoms with van der Waals surface area (Å²) < 4.78 is 0. The minimum Gasteiger partial charge on any atom is -0.508 e. The summed E-state index contributed by atoms with van der Waals surface area (Å²) in [6.45, 7) is 5.08. The van der Waals surface area contributed by atoms with E-state index >= 15 is 14.4 Å². The summed E-state index contributed by atoms with van der Waals surface area (Å²) in [7, 11) is 0. The number of nitrogens with two attached hydrogens (primary N) is 4. The van der Waals surface area contributed by atoms with Gasteiger partial charge in [0.25, 0.3) is 17.7 Å². The Bertz CT molecular complexity index is 4120. The first-order valence-corrected chi connectivity index (χ1v) is 35.5. The number of carbonyl (C=O) groups is 12. The fourth-order valence-electron chi connectivity index (χ4n) is 12.4. The Balaban J connectivity index is 1.19. The number of benzene rings is 5. The van der Waals surface area contributed by atoms with Gasteiger partial charge in [-0.1, -0.05) is 110 Å². The summed E-state index contributed by atoms with van der Waals surface area (Å²) in [5.74, 6) is -11.7. The molecule has 0 radical (unpaired) electrons. The number of nitrogens with zero attached hydrogens (tertiary/aromatic N) is 2. The predicted molar refractivity (Wildman–Crippen MR) is 396 cm³/mol. The van der Waals surface area contributed by atoms with E-state index in [0.717, 1.165) is 24.6 Å². The van der Waals surface area contributed by atoms with Crippen LogP contribution in [-0.4, -0.2) is 189 Å². The van der Waals surface area contributed by atoms with Gasteiger partial charge in [0.1, 0.15) is 54.1 Å². The summed E-state index contributed by atoms with van der Waals surface area (Å²) in [6, 6.07) is 15.8. The Labute approximate surface area is 618 Å². The number of aromatic nitrogens is 1. The molecule has 0 bridgehead atoms. The lowest BCUT2D eigenvalue weighted by Crippen LogP contribution is -2.64. The molecule has 21 N–H and O–H groups in total. The van der Waals surface area contributed by atoms with E-state index in [-0.39, 0.29) is 106 Å². The minimum atomic E-state index is -1.99. The Hall–Kier alpha value is -11.0. The number of imide groups is 3. The van der Waals surface area contributed by atoms with Crippen LogP contribution in [0, 0.1) is 11.3 Å². The van der Waals surface area contributed by atoms with Crippen molar-refractivity contribution in [1.82, 2.24) is 62.6 Å². The molecule has 6 aromatic rings. The third-order valence-corrected chi connectivity index (χ3v) is 18.2. The monoisotopic (exact) mass is 1480 g/mol. The summed E-state index contributed by atoms with van der Waals surface area (Å²) in [5, 5.41) is 55.1. The number of likely N-dealkylation sites (tertiary alicyclic amines) is 1. The van der Waals surface area contributed by atoms with Crippen molar-refractivity contribution in [2.24, 2.45) is 28.9 Å². The van der Waals surface area contributed by atoms with Gasteiger partial charge in [-0.15, -0.1) is 0 Å². The van der Waals surface area contributed by atoms with E-state index in [1.54, 1.807) is 79.0 Å². The Morgan fingerprint density at radius 1 is 0.594 bits per heavy atom. The number of phenolic OH excluding ortho intramolecular Hbond substituents is 1. The Morgan fingerprint density at radius 2 is 1.16 bits per heavy atom. The molecule has 568 valence electrons. The molecule has 1 aliphatic heterocycles. The third-order valence-electron chi connectivity index (χ3n) is 17.9. The lowest BCUT2D eigenvalue weighted by Gasteiger charge is -2.32. The number of primary amides is 1. The van der Waals surface area contributed by atoms with Crippen LogP contribution < -0.4 is 70.8 Å². The van der Waals surface area contributed by atoms with Gasteiger partial charge >= 0.3 is 6.03 Å². The fraction of sp³-hybridized carbons (Fsp3) is 0.419. The fourth-order valence-corrected chi connectivity index (χ4v) is 12.5. The van der Waals surface area contributed by atoms with Gasteiger partial charge in [-0.2, -0.15) is 0 Å². The minimum absolute atomic E-state index is 0.0167. The Kier molecular flexibility index (Phi) is 30.8. The number of para-hydroxylation sites is 1. The van der Waals surface area contributed by atoms with Gasteiger partial charge in [-0.05, 0) is 134 Å². The highest BCUT2D eigenvalue weighted by atomic mass is 35.5. The van der Waals surface area contributed by atoms with Crippen molar-refractivity contribution in [1.29, 1.82) is 5.41 Å². The number of urea groups is 1. The number of carbonyl (C=O) groups excluding carboxylic acids is 12. The molecule has 5 aromatic carbocycles. The molecular formula is C74H96ClN17O14. The predicted octanol–water partition coefficient (Wildman–Crippen LogP) is 1.05. The van der Waals surface area contributed by atoms with Crippen molar-refractivity contribution < 1.29 is 67.7 Å². The molecule has 7 rings (SSSR count). The SMILES string of the molecule is CC(=O)N[C@H](Cc1ccc2ccccc2c1)C(=O)N(C(=O)[C@H](Cc1ccc(O)cc1)NC(=O)[C@H](CO)NC(=O)[C@@H](Cc1c[nH]c2ccccc12)NC(=O)[C@H](N)Cc1ccc(Cl)cc1)C(=O)[C@@H](C)NC(=O)[C@@H]1CCCN1C(=O)[C@H](CCCNC(=N)N)NC(=O)[C@H](CC(C)C)NC(=O)[C@H](N)CCCCNC(N)=O. The van der Waals surface area contributed by atoms with Crippen LogP contribution in [0.1, 0.15) is 101 Å². The molecule has 1 fully saturated rings. The molecule has 0 aliphatic carbocycles. The lowest BCUT2D eigenvalue weighted by molar-refractivity contribution is -0.159. The second kappa shape index (κ2) is 39.7. The first kappa shape index (κ1) is 82.3. The maximum atomic E-state index is 15.8. The molecule has 1 aromatic heterocycles. The van der Waals surface area contributed by atoms with Crippen LogP contribution in [0.2, 0.25) is 5.02 Å². The molecule has 0 unspecified atom stereocenters. The third kappa shape index (κ3) is 24.3. The maximum absolute atomic E-state index is 15.8. The van der Waals surface area contributed by atoms with Crippen molar-refractivity contribution in [2.45, 2.75) is 165 Å². The summed E-state index contributed by atoms with van der Waals surface area (Å²) in [6.07, 6.45) is 2.18. The number of fused-ring (bicyclic) bond motifs is 2. The normalized spacial score (nSPS) is 15.2. The zero-order chi connectivity index (χ0) is 77.3. The van der Waals surface area contributed by atoms with Crippen LogP contribution in [0.25, 0.3) is 21.7 Å². The molecule has 1 saturated heterocycles. The van der Waals surface area contributed by atoms with Crippen molar-refractivity contribution >= 4 is 110 Å². The average Bonchev–Trinajstić information content (AvgIpc) is 1.22. The van der Waals surface area contributed by atoms with E-state index in [1.807, 2.05) is 32.0 Å². The van der Waals surface area contributed by atoms with Crippen LogP contribution in [0.3, 0.4) is 0 Å². The van der Waals surface area contributed by atoms with E-state index in [9.17, 15) is 53.4 Å². The Morgan fingerprint density at radius 3 is 1.83 bits per heavy atom. The highest BCUT2D eigenvalue weighted by molar-refractivity contribution is 6.30. The van der Waals surface area contributed by atoms with Gasteiger partial charge in [-0.3, -0.25) is 58.1 Å². The summed E-state index contributed by atoms with van der Waals surface area (Å²) in [5.41, 5.74) is 26.0. The standard InChI is InChI=1S/C74H96ClN17O14/c1-41(2)33-57(87-63(96)53(76)16-9-10-30-82-74(80)106)65(98)86-56(18-11-31-81-73(78)79)70(103)91-32-12-19-62(91)68(101)84-42(3)69(102)92(71(104)59(85-43(4)94)37-46-20-25-47-13-5-6-14-48(47)34-46)72(105)60(36-45-23-28-51(95)29-24-45)89-67(100)61(40-93)90-66(99)58(38-49-39-83-55-17-8-7-15-52(49)55)88-64(97)54(77)35-44-21-26-50(75)27-22-44/h5-8,13-15,17,20-29,34,39,41-42,53-54,56-62,83,93,95H,9-12,16,18-19,30-33,35-38,40,76-77H2,1-4H3,(H,84,101)(H,85,94)(H,86,98)(H,87,96)(H,88,97)(H,89,100)(H,90,99)(H4,78,79,81)(H3,80,82,106)/t42-,53-,54-,56+,57+,58-,59-,60+,61+,62+/m1/s1. The van der Waals surface area contributed by atoms with Gasteiger partial charge < -0.3 is 90.9 Å². The number of halogens is 1. The number of aliphatic hydroxyl groups is 1. The lowest BCUT2D eigenvalue weighted by atomic mass is 9.99. The number of hydrogen-bond donors (Lipinski definition) is 17. The summed E-state index contributed by atoms with van der Waals surface area (Å²) in [4.78, 5) is 177. The molecular weight excluding hydrogens is 1390 g/mol. The quantitative estimate of drug-likeness (QED) is 0.0147. The number of hydrogen-bond acceptors (Lipinski definition) is 17. The first-order chi connectivity index (χ1) is 50.5. The number of guanidine groups is 1. The number of H-pyrrole nitrogens is 1. The molecule has 10 atom stereocenters. The van der Waals surface area contributed by atoms with Crippen LogP contribution in [0.4, 0.5) is 4.79 Å². The van der Waals surface area contributed by atoms with Crippen LogP contribution in [0.15, 0.2) is 121 Å². The van der Waals surface area contributed by atoms with E-state index < -0.39 is 144 Å². The molecule has 106 heavy (non-hydrogen) atoms. The summed E-state index contributed by atoms with van der Waals surface area (Å²) >= 11 is 6.09. The van der Waals surface area contributed by atoms with E-state index in [2.05, 4.69) is 52.8 Å². The van der Waals surface area contributed by atoms with Gasteiger partial charge in [0, 0.05) is 67.9 Å². The molecule has 0 saturated carbocycles. The van der Waals surface area contributed by atoms with E-state index in [4.69, 9.17) is 39.9 Å². The number of aliphatic hydroxyl groups excluding tert-OH is 1. The van der Waals surface area contributed by atoms with Gasteiger partial charge in [0.15, 0.2) is 5.96 Å². The van der Waals surface area contributed by atoms with Gasteiger partial charge in [-0.25, -0.2) is 9.69 Å². The molecule has 31 nitrogen and oxygen atoms in total. The van der Waals surface area contributed by atoms with Gasteiger partial charge in [0.05, 0.1) is 18.7 Å². The molecule has 0 spiro atoms. The van der Waals surface area contributed by atoms with Crippen molar-refractivity contribution in [3.05, 3.63) is 149 Å². The van der Waals surface area contributed by atoms with Crippen LogP contribution in [-0.2, 0) is 78.4 Å². The number of phenols is 1. The zero-order valence-electron chi connectivity index (χ0n) is 59.6. The second-order valence-corrected chi connectivity index (χ2v) is 27.2. The van der Waals surface area contributed by atoms with Crippen LogP contribution >= 0.6 is 11.6 Å². The number of nitrogens with one attached hydrogen (secondary N) is 11. The van der Waals surface area contributed by atoms with E-state index in [0.29, 0.717) is 45.5 Å². The highest BCUT2D eigenvalue weighted by Crippen LogP contribution is 2.24. The molecule has 2 heterocycles. The largest absolute Gasteiger partial charge is 0.508 e. The van der Waals surface area contributed by atoms with Crippen molar-refractivity contribution in [3.63, 3.8) is 0 Å². The molecule has 13 amide bonds. The molecule has 32 heteroatoms. The van der Waals surface area contributed by atoms with Crippen LogP contribution in [0.5, 0.6) is 5.75 Å². The maximum Gasteiger partial charge on any atom is 0.312 e. The number of aromatic hydroxyl groups is 1. The van der Waals surface area contributed by atoms with Crippen molar-refractivity contribution in [3.8, 4) is 5.75 Å². The molecule has 1 aliphatic rings. The zero-order valence-corrected chi connectivity index (χ0v) is 60.3. The van der Waals surface area contributed by atoms with Crippen molar-refractivity contribution in [2.75, 3.05) is 26.2 Å². The average molecular weight is 1480 g/mol. The topological polar surface area (TPSA) is 504 Å². The highest BCUT2D eigenvalue weighted by Gasteiger charge is 2.44. The second-order valence-electron chi connectivity index (χ2n) is 26.8.